The highest BCUT2D eigenvalue weighted by molar-refractivity contribution is 5.82. The number of benzene rings is 1. The molecule has 0 spiro atoms. The Labute approximate surface area is 121 Å². The van der Waals surface area contributed by atoms with E-state index in [1.165, 1.54) is 0 Å². The van der Waals surface area contributed by atoms with Gasteiger partial charge >= 0.3 is 5.69 Å². The summed E-state index contributed by atoms with van der Waals surface area (Å²) in [6.07, 6.45) is 5.36. The van der Waals surface area contributed by atoms with Crippen molar-refractivity contribution in [3.8, 4) is 11.4 Å². The first-order valence-electron chi connectivity index (χ1n) is 6.77. The molecule has 0 amide bonds. The van der Waals surface area contributed by atoms with Crippen molar-refractivity contribution in [1.29, 1.82) is 0 Å². The van der Waals surface area contributed by atoms with Crippen LogP contribution in [0, 0.1) is 10.1 Å². The van der Waals surface area contributed by atoms with Crippen molar-refractivity contribution in [3.63, 3.8) is 0 Å². The summed E-state index contributed by atoms with van der Waals surface area (Å²) in [4.78, 5) is 21.2. The maximum atomic E-state index is 11.3. The molecule has 1 aliphatic heterocycles. The van der Waals surface area contributed by atoms with Gasteiger partial charge in [0.2, 0.25) is 0 Å². The average molecular weight is 285 g/mol. The van der Waals surface area contributed by atoms with E-state index in [4.69, 9.17) is 5.73 Å². The van der Waals surface area contributed by atoms with E-state index < -0.39 is 4.92 Å². The van der Waals surface area contributed by atoms with E-state index in [2.05, 4.69) is 14.9 Å². The van der Waals surface area contributed by atoms with Crippen LogP contribution in [0.25, 0.3) is 11.4 Å². The fourth-order valence-electron chi connectivity index (χ4n) is 2.61. The number of hydrogen-bond acceptors (Lipinski definition) is 6. The van der Waals surface area contributed by atoms with Gasteiger partial charge in [-0.15, -0.1) is 0 Å². The highest BCUT2D eigenvalue weighted by atomic mass is 16.6. The Bertz CT molecular complexity index is 669. The van der Waals surface area contributed by atoms with Gasteiger partial charge in [0.1, 0.15) is 11.3 Å². The molecule has 1 aliphatic rings. The minimum Gasteiger partial charge on any atom is -0.393 e. The van der Waals surface area contributed by atoms with Crippen molar-refractivity contribution >= 4 is 17.1 Å². The number of nitro benzene ring substituents is 1. The van der Waals surface area contributed by atoms with Gasteiger partial charge in [-0.25, -0.2) is 9.97 Å². The summed E-state index contributed by atoms with van der Waals surface area (Å²) in [5, 5.41) is 11.3. The van der Waals surface area contributed by atoms with Crippen LogP contribution in [0.5, 0.6) is 0 Å². The fourth-order valence-corrected chi connectivity index (χ4v) is 2.61. The molecule has 1 aromatic heterocycles. The van der Waals surface area contributed by atoms with Gasteiger partial charge in [-0.05, 0) is 31.0 Å². The third-order valence-electron chi connectivity index (χ3n) is 3.58. The number of nitrogens with zero attached hydrogens (tertiary/aromatic N) is 4. The topological polar surface area (TPSA) is 98.2 Å². The molecule has 0 unspecified atom stereocenters. The zero-order valence-corrected chi connectivity index (χ0v) is 11.4. The molecule has 2 N–H and O–H groups in total. The molecule has 0 saturated carbocycles. The lowest BCUT2D eigenvalue weighted by Gasteiger charge is -2.19. The van der Waals surface area contributed by atoms with E-state index in [0.29, 0.717) is 11.4 Å². The normalized spacial score (nSPS) is 14.4. The molecule has 2 aromatic rings. The van der Waals surface area contributed by atoms with Crippen molar-refractivity contribution in [2.45, 2.75) is 12.8 Å². The molecule has 0 aliphatic carbocycles. The Morgan fingerprint density at radius 2 is 1.86 bits per heavy atom. The maximum absolute atomic E-state index is 11.3. The SMILES string of the molecule is Nc1cc(N2CCCC2)cc(-c2ncccn2)c1[N+](=O)[O-]. The second kappa shape index (κ2) is 5.35. The third-order valence-corrected chi connectivity index (χ3v) is 3.58. The Morgan fingerprint density at radius 1 is 1.19 bits per heavy atom. The van der Waals surface area contributed by atoms with Crippen LogP contribution in [-0.4, -0.2) is 28.0 Å². The largest absolute Gasteiger partial charge is 0.393 e. The van der Waals surface area contributed by atoms with E-state index in [1.54, 1.807) is 30.6 Å². The van der Waals surface area contributed by atoms with Crippen LogP contribution in [0.1, 0.15) is 12.8 Å². The van der Waals surface area contributed by atoms with E-state index >= 15 is 0 Å². The summed E-state index contributed by atoms with van der Waals surface area (Å²) in [5.41, 5.74) is 7.16. The van der Waals surface area contributed by atoms with Crippen molar-refractivity contribution in [1.82, 2.24) is 9.97 Å². The van der Waals surface area contributed by atoms with Gasteiger partial charge in [0, 0.05) is 31.2 Å². The number of aromatic nitrogens is 2. The molecule has 3 rings (SSSR count). The lowest BCUT2D eigenvalue weighted by atomic mass is 10.1. The summed E-state index contributed by atoms with van der Waals surface area (Å²) in [6, 6.07) is 5.09. The minimum absolute atomic E-state index is 0.135. The smallest absolute Gasteiger partial charge is 0.303 e. The minimum atomic E-state index is -0.477. The molecule has 7 nitrogen and oxygen atoms in total. The summed E-state index contributed by atoms with van der Waals surface area (Å²) in [5.74, 6) is 0.317. The number of anilines is 2. The molecule has 0 atom stereocenters. The number of hydrogen-bond donors (Lipinski definition) is 1. The van der Waals surface area contributed by atoms with E-state index in [9.17, 15) is 10.1 Å². The van der Waals surface area contributed by atoms with Crippen LogP contribution >= 0.6 is 0 Å². The number of nitro groups is 1. The molecule has 2 heterocycles. The van der Waals surface area contributed by atoms with Gasteiger partial charge < -0.3 is 10.6 Å². The van der Waals surface area contributed by atoms with Crippen LogP contribution in [0.15, 0.2) is 30.6 Å². The molecule has 7 heteroatoms. The fraction of sp³-hybridized carbons (Fsp3) is 0.286. The predicted molar refractivity (Wildman–Crippen MR) is 80.0 cm³/mol. The van der Waals surface area contributed by atoms with Gasteiger partial charge in [0.25, 0.3) is 0 Å². The first-order chi connectivity index (χ1) is 10.2. The molecular weight excluding hydrogens is 270 g/mol. The van der Waals surface area contributed by atoms with E-state index in [1.807, 2.05) is 0 Å². The van der Waals surface area contributed by atoms with Crippen LogP contribution < -0.4 is 10.6 Å². The lowest BCUT2D eigenvalue weighted by molar-refractivity contribution is -0.383. The highest BCUT2D eigenvalue weighted by Crippen LogP contribution is 2.37. The predicted octanol–water partition coefficient (Wildman–Crippen LogP) is 2.23. The lowest BCUT2D eigenvalue weighted by Crippen LogP contribution is -2.18. The molecule has 1 fully saturated rings. The molecule has 1 saturated heterocycles. The van der Waals surface area contributed by atoms with E-state index in [0.717, 1.165) is 31.6 Å². The third kappa shape index (κ3) is 2.49. The summed E-state index contributed by atoms with van der Waals surface area (Å²) in [7, 11) is 0. The first kappa shape index (κ1) is 13.3. The van der Waals surface area contributed by atoms with Crippen LogP contribution in [-0.2, 0) is 0 Å². The van der Waals surface area contributed by atoms with Crippen molar-refractivity contribution in [2.75, 3.05) is 23.7 Å². The molecular formula is C14H15N5O2. The second-order valence-corrected chi connectivity index (χ2v) is 4.95. The summed E-state index contributed by atoms with van der Waals surface area (Å²) < 4.78 is 0. The Balaban J connectivity index is 2.16. The van der Waals surface area contributed by atoms with Crippen molar-refractivity contribution < 1.29 is 4.92 Å². The zero-order chi connectivity index (χ0) is 14.8. The molecule has 0 radical (unpaired) electrons. The zero-order valence-electron chi connectivity index (χ0n) is 11.4. The monoisotopic (exact) mass is 285 g/mol. The van der Waals surface area contributed by atoms with Gasteiger partial charge in [0.05, 0.1) is 4.92 Å². The van der Waals surface area contributed by atoms with Gasteiger partial charge in [0.15, 0.2) is 5.82 Å². The number of nitrogens with two attached hydrogens (primary N) is 1. The van der Waals surface area contributed by atoms with Gasteiger partial charge in [-0.3, -0.25) is 10.1 Å². The van der Waals surface area contributed by atoms with Crippen molar-refractivity contribution in [2.24, 2.45) is 0 Å². The quantitative estimate of drug-likeness (QED) is 0.527. The maximum Gasteiger partial charge on any atom is 0.303 e. The standard InChI is InChI=1S/C14H15N5O2/c15-12-9-10(18-6-1-2-7-18)8-11(13(12)19(20)21)14-16-4-3-5-17-14/h3-5,8-9H,1-2,6-7,15H2. The van der Waals surface area contributed by atoms with Crippen LogP contribution in [0.4, 0.5) is 17.1 Å². The number of nitrogen functional groups attached to an aromatic ring is 1. The number of rotatable bonds is 3. The summed E-state index contributed by atoms with van der Waals surface area (Å²) in [6.45, 7) is 1.87. The van der Waals surface area contributed by atoms with Crippen LogP contribution in [0.3, 0.4) is 0 Å². The molecule has 108 valence electrons. The average Bonchev–Trinajstić information content (AvgIpc) is 3.01. The van der Waals surface area contributed by atoms with Gasteiger partial charge in [-0.1, -0.05) is 0 Å². The van der Waals surface area contributed by atoms with Crippen LogP contribution in [0.2, 0.25) is 0 Å². The molecule has 1 aromatic carbocycles. The Morgan fingerprint density at radius 3 is 2.48 bits per heavy atom. The first-order valence-corrected chi connectivity index (χ1v) is 6.77. The Hall–Kier alpha value is -2.70. The molecule has 21 heavy (non-hydrogen) atoms. The molecule has 0 bridgehead atoms. The summed E-state index contributed by atoms with van der Waals surface area (Å²) >= 11 is 0. The highest BCUT2D eigenvalue weighted by Gasteiger charge is 2.24. The Kier molecular flexibility index (Phi) is 3.39. The second-order valence-electron chi connectivity index (χ2n) is 4.95. The van der Waals surface area contributed by atoms with E-state index in [-0.39, 0.29) is 11.4 Å². The van der Waals surface area contributed by atoms with Crippen molar-refractivity contribution in [3.05, 3.63) is 40.7 Å². The van der Waals surface area contributed by atoms with Gasteiger partial charge in [-0.2, -0.15) is 0 Å².